The van der Waals surface area contributed by atoms with Crippen LogP contribution in [0.4, 0.5) is 0 Å². The van der Waals surface area contributed by atoms with Crippen LogP contribution in [0.3, 0.4) is 0 Å². The van der Waals surface area contributed by atoms with Gasteiger partial charge in [-0.15, -0.1) is 0 Å². The molecule has 1 atom stereocenters. The first-order valence-electron chi connectivity index (χ1n) is 5.66. The topological polar surface area (TPSA) is 78.8 Å². The van der Waals surface area contributed by atoms with Gasteiger partial charge >= 0.3 is 0 Å². The van der Waals surface area contributed by atoms with E-state index < -0.39 is 12.2 Å². The summed E-state index contributed by atoms with van der Waals surface area (Å²) in [5.41, 5.74) is 0.0216. The van der Waals surface area contributed by atoms with Gasteiger partial charge in [-0.3, -0.25) is 4.79 Å². The highest BCUT2D eigenvalue weighted by molar-refractivity contribution is 5.97. The monoisotopic (exact) mass is 253 g/mol. The Hall–Kier alpha value is -1.59. The van der Waals surface area contributed by atoms with Crippen molar-refractivity contribution in [1.29, 1.82) is 0 Å². The van der Waals surface area contributed by atoms with Crippen molar-refractivity contribution in [3.05, 3.63) is 29.3 Å². The van der Waals surface area contributed by atoms with E-state index in [-0.39, 0.29) is 12.5 Å². The molecule has 100 valence electrons. The van der Waals surface area contributed by atoms with Gasteiger partial charge in [-0.25, -0.2) is 0 Å². The van der Waals surface area contributed by atoms with E-state index >= 15 is 0 Å². The minimum absolute atomic E-state index is 0.0283. The van der Waals surface area contributed by atoms with Crippen molar-refractivity contribution in [1.82, 2.24) is 5.32 Å². The molecule has 0 radical (unpaired) electrons. The third-order valence-corrected chi connectivity index (χ3v) is 2.57. The average Bonchev–Trinajstić information content (AvgIpc) is 2.36. The molecule has 0 aliphatic heterocycles. The van der Waals surface area contributed by atoms with E-state index in [1.165, 1.54) is 14.0 Å². The summed E-state index contributed by atoms with van der Waals surface area (Å²) in [5.74, 6) is 0.131. The molecule has 5 nitrogen and oxygen atoms in total. The summed E-state index contributed by atoms with van der Waals surface area (Å²) >= 11 is 0. The molecule has 0 aliphatic rings. The molecule has 0 bridgehead atoms. The zero-order valence-corrected chi connectivity index (χ0v) is 10.9. The Morgan fingerprint density at radius 1 is 1.50 bits per heavy atom. The number of rotatable bonds is 5. The number of aryl methyl sites for hydroxylation is 1. The summed E-state index contributed by atoms with van der Waals surface area (Å²) in [5, 5.41) is 21.1. The van der Waals surface area contributed by atoms with Crippen LogP contribution in [0.25, 0.3) is 0 Å². The van der Waals surface area contributed by atoms with E-state index in [4.69, 9.17) is 9.84 Å². The standard InChI is InChI=1S/C13H19NO4/c1-9-4-5-11(18-3)10(6-9)12(16)14-7-13(2,17)8-15/h4-6,15,17H,7-8H2,1-3H3,(H,14,16). The van der Waals surface area contributed by atoms with E-state index in [0.717, 1.165) is 5.56 Å². The number of carbonyl (C=O) groups is 1. The Morgan fingerprint density at radius 2 is 2.17 bits per heavy atom. The third kappa shape index (κ3) is 3.72. The lowest BCUT2D eigenvalue weighted by Gasteiger charge is -2.21. The summed E-state index contributed by atoms with van der Waals surface area (Å²) in [6, 6.07) is 5.27. The summed E-state index contributed by atoms with van der Waals surface area (Å²) in [7, 11) is 1.49. The van der Waals surface area contributed by atoms with Crippen molar-refractivity contribution in [2.75, 3.05) is 20.3 Å². The number of carbonyl (C=O) groups excluding carboxylic acids is 1. The van der Waals surface area contributed by atoms with Gasteiger partial charge < -0.3 is 20.3 Å². The summed E-state index contributed by atoms with van der Waals surface area (Å²) in [6.07, 6.45) is 0. The first-order chi connectivity index (χ1) is 8.39. The van der Waals surface area contributed by atoms with Crippen LogP contribution in [0.2, 0.25) is 0 Å². The van der Waals surface area contributed by atoms with E-state index in [0.29, 0.717) is 11.3 Å². The lowest BCUT2D eigenvalue weighted by molar-refractivity contribution is 0.00318. The number of aliphatic hydroxyl groups is 2. The normalized spacial score (nSPS) is 13.8. The number of benzene rings is 1. The maximum atomic E-state index is 12.0. The van der Waals surface area contributed by atoms with Gasteiger partial charge in [0, 0.05) is 6.54 Å². The van der Waals surface area contributed by atoms with Crippen molar-refractivity contribution in [2.45, 2.75) is 19.4 Å². The molecule has 1 amide bonds. The molecular formula is C13H19NO4. The maximum absolute atomic E-state index is 12.0. The minimum Gasteiger partial charge on any atom is -0.496 e. The van der Waals surface area contributed by atoms with Gasteiger partial charge in [0.1, 0.15) is 11.4 Å². The summed E-state index contributed by atoms with van der Waals surface area (Å²) in [6.45, 7) is 2.87. The van der Waals surface area contributed by atoms with Gasteiger partial charge in [0.2, 0.25) is 0 Å². The zero-order valence-electron chi connectivity index (χ0n) is 10.9. The van der Waals surface area contributed by atoms with Gasteiger partial charge in [0.15, 0.2) is 0 Å². The molecule has 3 N–H and O–H groups in total. The third-order valence-electron chi connectivity index (χ3n) is 2.57. The molecule has 0 saturated carbocycles. The van der Waals surface area contributed by atoms with Gasteiger partial charge in [-0.2, -0.15) is 0 Å². The quantitative estimate of drug-likeness (QED) is 0.713. The number of nitrogens with one attached hydrogen (secondary N) is 1. The second-order valence-electron chi connectivity index (χ2n) is 4.54. The molecule has 1 rings (SSSR count). The van der Waals surface area contributed by atoms with Gasteiger partial charge in [-0.1, -0.05) is 11.6 Å². The number of hydrogen-bond acceptors (Lipinski definition) is 4. The first kappa shape index (κ1) is 14.5. The van der Waals surface area contributed by atoms with E-state index in [1.54, 1.807) is 12.1 Å². The number of aliphatic hydroxyl groups excluding tert-OH is 1. The number of methoxy groups -OCH3 is 1. The van der Waals surface area contributed by atoms with Crippen LogP contribution >= 0.6 is 0 Å². The van der Waals surface area contributed by atoms with Crippen LogP contribution in [0.1, 0.15) is 22.8 Å². The highest BCUT2D eigenvalue weighted by Gasteiger charge is 2.21. The fraction of sp³-hybridized carbons (Fsp3) is 0.462. The molecule has 0 aliphatic carbocycles. The van der Waals surface area contributed by atoms with Crippen molar-refractivity contribution >= 4 is 5.91 Å². The van der Waals surface area contributed by atoms with E-state index in [1.807, 2.05) is 13.0 Å². The molecular weight excluding hydrogens is 234 g/mol. The van der Waals surface area contributed by atoms with E-state index in [2.05, 4.69) is 5.32 Å². The van der Waals surface area contributed by atoms with Crippen molar-refractivity contribution < 1.29 is 19.7 Å². The fourth-order valence-corrected chi connectivity index (χ4v) is 1.42. The van der Waals surface area contributed by atoms with Crippen LogP contribution in [0, 0.1) is 6.92 Å². The molecule has 18 heavy (non-hydrogen) atoms. The molecule has 1 aromatic rings. The maximum Gasteiger partial charge on any atom is 0.255 e. The lowest BCUT2D eigenvalue weighted by Crippen LogP contribution is -2.43. The van der Waals surface area contributed by atoms with Crippen LogP contribution < -0.4 is 10.1 Å². The van der Waals surface area contributed by atoms with E-state index in [9.17, 15) is 9.90 Å². The molecule has 1 aromatic carbocycles. The predicted molar refractivity (Wildman–Crippen MR) is 67.8 cm³/mol. The van der Waals surface area contributed by atoms with Crippen molar-refractivity contribution in [2.24, 2.45) is 0 Å². The number of amides is 1. The van der Waals surface area contributed by atoms with Crippen LogP contribution in [-0.4, -0.2) is 42.0 Å². The molecule has 0 aromatic heterocycles. The number of hydrogen-bond donors (Lipinski definition) is 3. The van der Waals surface area contributed by atoms with Gasteiger partial charge in [0.05, 0.1) is 19.3 Å². The van der Waals surface area contributed by atoms with Crippen LogP contribution in [0.5, 0.6) is 5.75 Å². The van der Waals surface area contributed by atoms with Crippen molar-refractivity contribution in [3.8, 4) is 5.75 Å². The smallest absolute Gasteiger partial charge is 0.255 e. The molecule has 0 saturated heterocycles. The molecule has 0 fully saturated rings. The average molecular weight is 253 g/mol. The highest BCUT2D eigenvalue weighted by atomic mass is 16.5. The van der Waals surface area contributed by atoms with Crippen molar-refractivity contribution in [3.63, 3.8) is 0 Å². The Morgan fingerprint density at radius 3 is 2.72 bits per heavy atom. The molecule has 0 spiro atoms. The number of ether oxygens (including phenoxy) is 1. The predicted octanol–water partition coefficient (Wildman–Crippen LogP) is 0.477. The van der Waals surface area contributed by atoms with Crippen LogP contribution in [-0.2, 0) is 0 Å². The zero-order chi connectivity index (χ0) is 13.8. The second-order valence-corrected chi connectivity index (χ2v) is 4.54. The van der Waals surface area contributed by atoms with Gasteiger partial charge in [0.25, 0.3) is 5.91 Å². The summed E-state index contributed by atoms with van der Waals surface area (Å²) < 4.78 is 5.11. The lowest BCUT2D eigenvalue weighted by atomic mass is 10.1. The Kier molecular flexibility index (Phi) is 4.69. The SMILES string of the molecule is COc1ccc(C)cc1C(=O)NCC(C)(O)CO. The Labute approximate surface area is 106 Å². The highest BCUT2D eigenvalue weighted by Crippen LogP contribution is 2.19. The Bertz CT molecular complexity index is 429. The Balaban J connectivity index is 2.81. The summed E-state index contributed by atoms with van der Waals surface area (Å²) in [4.78, 5) is 12.0. The van der Waals surface area contributed by atoms with Gasteiger partial charge in [-0.05, 0) is 26.0 Å². The van der Waals surface area contributed by atoms with Crippen LogP contribution in [0.15, 0.2) is 18.2 Å². The first-order valence-corrected chi connectivity index (χ1v) is 5.66. The largest absolute Gasteiger partial charge is 0.496 e. The molecule has 1 unspecified atom stereocenters. The molecule has 5 heteroatoms. The fourth-order valence-electron chi connectivity index (χ4n) is 1.42. The molecule has 0 heterocycles. The minimum atomic E-state index is -1.33. The second kappa shape index (κ2) is 5.84.